The second-order valence-electron chi connectivity index (χ2n) is 5.98. The number of hydrogen-bond acceptors (Lipinski definition) is 4. The molecular weight excluding hydrogens is 376 g/mol. The number of aromatic nitrogens is 2. The van der Waals surface area contributed by atoms with Gasteiger partial charge in [-0.3, -0.25) is 9.36 Å². The number of anilines is 1. The van der Waals surface area contributed by atoms with Crippen LogP contribution in [0.1, 0.15) is 25.0 Å². The van der Waals surface area contributed by atoms with Gasteiger partial charge in [-0.05, 0) is 50.5 Å². The van der Waals surface area contributed by atoms with Crippen molar-refractivity contribution in [3.05, 3.63) is 55.2 Å². The summed E-state index contributed by atoms with van der Waals surface area (Å²) >= 11 is 6.03. The van der Waals surface area contributed by atoms with Crippen molar-refractivity contribution in [2.45, 2.75) is 33.9 Å². The van der Waals surface area contributed by atoms with Gasteiger partial charge in [-0.1, -0.05) is 23.4 Å². The Kier molecular flexibility index (Phi) is 6.87. The maximum absolute atomic E-state index is 12.6. The van der Waals surface area contributed by atoms with E-state index in [-0.39, 0.29) is 18.1 Å². The van der Waals surface area contributed by atoms with Crippen LogP contribution in [0.25, 0.3) is 0 Å². The fraction of sp³-hybridized carbons (Fsp3) is 0.286. The topological polar surface area (TPSA) is 68.4 Å². The Morgan fingerprint density at radius 2 is 2.04 bits per heavy atom. The van der Waals surface area contributed by atoms with Gasteiger partial charge in [-0.15, -0.1) is 6.42 Å². The zero-order valence-electron chi connectivity index (χ0n) is 16.3. The number of nitrogens with zero attached hydrogens (tertiary/aromatic N) is 3. The quantitative estimate of drug-likeness (QED) is 0.638. The zero-order chi connectivity index (χ0) is 20.8. The third kappa shape index (κ3) is 4.36. The molecule has 2 aromatic rings. The molecule has 1 heterocycles. The number of rotatable bonds is 4. The number of nitrogens with one attached hydrogen (secondary N) is 1. The van der Waals surface area contributed by atoms with Crippen LogP contribution in [0.4, 0.5) is 11.5 Å². The van der Waals surface area contributed by atoms with E-state index in [1.807, 2.05) is 19.1 Å². The Morgan fingerprint density at radius 1 is 1.32 bits per heavy atom. The van der Waals surface area contributed by atoms with Crippen LogP contribution in [0.3, 0.4) is 0 Å². The summed E-state index contributed by atoms with van der Waals surface area (Å²) in [6, 6.07) is 5.48. The summed E-state index contributed by atoms with van der Waals surface area (Å²) in [4.78, 5) is 29.6. The van der Waals surface area contributed by atoms with Gasteiger partial charge in [0.25, 0.3) is 5.56 Å². The molecular formula is C21H21ClN4O2. The standard InChI is InChI=1S/C21H21ClN4O2/c1-6-12-26-20(27)18(23-5)19(25(7-2)21(26)28)24-15(4)8-9-16-10-11-17(22)14(3)13-16/h1,10-11,13,23H,7,12H2,2-5H3. The molecule has 0 saturated heterocycles. The molecule has 0 bridgehead atoms. The van der Waals surface area contributed by atoms with Crippen molar-refractivity contribution in [3.63, 3.8) is 0 Å². The molecule has 0 amide bonds. The van der Waals surface area contributed by atoms with Crippen molar-refractivity contribution >= 4 is 28.8 Å². The molecule has 0 aliphatic carbocycles. The van der Waals surface area contributed by atoms with Crippen molar-refractivity contribution in [1.82, 2.24) is 9.13 Å². The van der Waals surface area contributed by atoms with Gasteiger partial charge in [0.1, 0.15) is 5.69 Å². The van der Waals surface area contributed by atoms with Gasteiger partial charge in [0, 0.05) is 24.2 Å². The first-order chi connectivity index (χ1) is 13.3. The monoisotopic (exact) mass is 396 g/mol. The molecule has 6 nitrogen and oxygen atoms in total. The highest BCUT2D eigenvalue weighted by molar-refractivity contribution is 6.31. The Morgan fingerprint density at radius 3 is 2.61 bits per heavy atom. The van der Waals surface area contributed by atoms with Gasteiger partial charge < -0.3 is 5.32 Å². The molecule has 0 fully saturated rings. The van der Waals surface area contributed by atoms with Crippen LogP contribution in [0.2, 0.25) is 5.02 Å². The molecule has 7 heteroatoms. The molecule has 0 aliphatic rings. The molecule has 0 aliphatic heterocycles. The van der Waals surface area contributed by atoms with Crippen LogP contribution in [-0.2, 0) is 13.1 Å². The van der Waals surface area contributed by atoms with Crippen LogP contribution in [0.15, 0.2) is 32.8 Å². The molecule has 0 radical (unpaired) electrons. The second kappa shape index (κ2) is 9.12. The van der Waals surface area contributed by atoms with Gasteiger partial charge >= 0.3 is 5.69 Å². The lowest BCUT2D eigenvalue weighted by molar-refractivity contribution is 0.617. The summed E-state index contributed by atoms with van der Waals surface area (Å²) in [5, 5.41) is 3.50. The first kappa shape index (κ1) is 21.1. The van der Waals surface area contributed by atoms with Gasteiger partial charge in [0.05, 0.1) is 12.3 Å². The normalized spacial score (nSPS) is 10.8. The average molecular weight is 397 g/mol. The van der Waals surface area contributed by atoms with Crippen LogP contribution < -0.4 is 16.6 Å². The van der Waals surface area contributed by atoms with Crippen molar-refractivity contribution in [3.8, 4) is 24.2 Å². The van der Waals surface area contributed by atoms with Crippen molar-refractivity contribution in [1.29, 1.82) is 0 Å². The maximum atomic E-state index is 12.6. The molecule has 0 unspecified atom stereocenters. The molecule has 2 rings (SSSR count). The van der Waals surface area contributed by atoms with E-state index < -0.39 is 11.2 Å². The number of aryl methyl sites for hydroxylation is 1. The molecule has 1 aromatic heterocycles. The average Bonchev–Trinajstić information content (AvgIpc) is 2.66. The molecule has 28 heavy (non-hydrogen) atoms. The molecule has 0 saturated carbocycles. The van der Waals surface area contributed by atoms with E-state index in [2.05, 4.69) is 28.1 Å². The third-order valence-electron chi connectivity index (χ3n) is 4.04. The smallest absolute Gasteiger partial charge is 0.333 e. The van der Waals surface area contributed by atoms with E-state index in [4.69, 9.17) is 18.0 Å². The third-order valence-corrected chi connectivity index (χ3v) is 4.46. The van der Waals surface area contributed by atoms with Crippen LogP contribution in [0.5, 0.6) is 0 Å². The number of terminal acetylenes is 1. The minimum absolute atomic E-state index is 0.106. The van der Waals surface area contributed by atoms with E-state index in [1.165, 1.54) is 4.57 Å². The fourth-order valence-corrected chi connectivity index (χ4v) is 2.73. The van der Waals surface area contributed by atoms with Gasteiger partial charge in [-0.25, -0.2) is 14.4 Å². The van der Waals surface area contributed by atoms with Crippen LogP contribution in [0, 0.1) is 31.1 Å². The molecule has 1 N–H and O–H groups in total. The van der Waals surface area contributed by atoms with Crippen molar-refractivity contribution in [2.75, 3.05) is 12.4 Å². The summed E-state index contributed by atoms with van der Waals surface area (Å²) in [7, 11) is 1.60. The SMILES string of the molecule is C#CCn1c(=O)c(NC)c(N=C(C)C#Cc2ccc(Cl)c(C)c2)n(CC)c1=O. The first-order valence-electron chi connectivity index (χ1n) is 8.66. The van der Waals surface area contributed by atoms with E-state index in [1.54, 1.807) is 27.0 Å². The lowest BCUT2D eigenvalue weighted by Crippen LogP contribution is -2.40. The van der Waals surface area contributed by atoms with Crippen LogP contribution >= 0.6 is 11.6 Å². The predicted molar refractivity (Wildman–Crippen MR) is 115 cm³/mol. The minimum atomic E-state index is -0.511. The lowest BCUT2D eigenvalue weighted by atomic mass is 10.1. The summed E-state index contributed by atoms with van der Waals surface area (Å²) in [5.41, 5.74) is 1.36. The largest absolute Gasteiger partial charge is 0.381 e. The molecule has 0 atom stereocenters. The minimum Gasteiger partial charge on any atom is -0.381 e. The maximum Gasteiger partial charge on any atom is 0.333 e. The zero-order valence-corrected chi connectivity index (χ0v) is 17.0. The Hall–Kier alpha value is -3.22. The van der Waals surface area contributed by atoms with E-state index >= 15 is 0 Å². The van der Waals surface area contributed by atoms with Gasteiger partial charge in [0.15, 0.2) is 5.82 Å². The van der Waals surface area contributed by atoms with E-state index in [9.17, 15) is 9.59 Å². The highest BCUT2D eigenvalue weighted by Gasteiger charge is 2.17. The summed E-state index contributed by atoms with van der Waals surface area (Å²) in [6.45, 7) is 5.63. The van der Waals surface area contributed by atoms with E-state index in [0.29, 0.717) is 17.3 Å². The number of benzene rings is 1. The number of aliphatic imine (C=N–C) groups is 1. The Labute approximate surface area is 168 Å². The second-order valence-corrected chi connectivity index (χ2v) is 6.39. The summed E-state index contributed by atoms with van der Waals surface area (Å²) in [5.74, 6) is 8.52. The molecule has 0 spiro atoms. The fourth-order valence-electron chi connectivity index (χ4n) is 2.61. The van der Waals surface area contributed by atoms with Crippen molar-refractivity contribution in [2.24, 2.45) is 4.99 Å². The number of hydrogen-bond donors (Lipinski definition) is 1. The summed E-state index contributed by atoms with van der Waals surface area (Å²) in [6.07, 6.45) is 5.28. The number of halogens is 1. The molecule has 144 valence electrons. The van der Waals surface area contributed by atoms with E-state index in [0.717, 1.165) is 15.7 Å². The summed E-state index contributed by atoms with van der Waals surface area (Å²) < 4.78 is 2.40. The Bertz CT molecular complexity index is 1120. The Balaban J connectivity index is 2.60. The van der Waals surface area contributed by atoms with Gasteiger partial charge in [0.2, 0.25) is 0 Å². The van der Waals surface area contributed by atoms with Crippen molar-refractivity contribution < 1.29 is 0 Å². The highest BCUT2D eigenvalue weighted by atomic mass is 35.5. The predicted octanol–water partition coefficient (Wildman–Crippen LogP) is 2.81. The molecule has 1 aromatic carbocycles. The van der Waals surface area contributed by atoms with Crippen LogP contribution in [-0.4, -0.2) is 21.9 Å². The first-order valence-corrected chi connectivity index (χ1v) is 9.04. The highest BCUT2D eigenvalue weighted by Crippen LogP contribution is 2.19. The van der Waals surface area contributed by atoms with Gasteiger partial charge in [-0.2, -0.15) is 0 Å². The lowest BCUT2D eigenvalue weighted by Gasteiger charge is -2.14.